The second kappa shape index (κ2) is 6.08. The van der Waals surface area contributed by atoms with Crippen LogP contribution in [0.15, 0.2) is 0 Å². The predicted octanol–water partition coefficient (Wildman–Crippen LogP) is 1.24. The van der Waals surface area contributed by atoms with Crippen LogP contribution >= 0.6 is 0 Å². The Kier molecular flexibility index (Phi) is 4.88. The molecule has 1 saturated carbocycles. The van der Waals surface area contributed by atoms with E-state index in [0.29, 0.717) is 6.54 Å². The first-order valence-corrected chi connectivity index (χ1v) is 7.61. The molecule has 1 aliphatic heterocycles. The summed E-state index contributed by atoms with van der Waals surface area (Å²) in [7, 11) is 2.10. The summed E-state index contributed by atoms with van der Waals surface area (Å²) in [6.07, 6.45) is 5.04. The van der Waals surface area contributed by atoms with E-state index < -0.39 is 5.60 Å². The SMILES string of the molecule is CN(CC(C)(C)O)CC1(CNC2CC2)CCCOC1. The van der Waals surface area contributed by atoms with E-state index in [9.17, 15) is 5.11 Å². The molecule has 2 N–H and O–H groups in total. The highest BCUT2D eigenvalue weighted by Crippen LogP contribution is 2.31. The highest BCUT2D eigenvalue weighted by Gasteiger charge is 2.36. The second-order valence-electron chi connectivity index (χ2n) is 7.30. The summed E-state index contributed by atoms with van der Waals surface area (Å²) < 4.78 is 5.74. The molecule has 0 aromatic heterocycles. The van der Waals surface area contributed by atoms with Gasteiger partial charge in [0.25, 0.3) is 0 Å². The first-order valence-electron chi connectivity index (χ1n) is 7.61. The van der Waals surface area contributed by atoms with Crippen molar-refractivity contribution in [1.29, 1.82) is 0 Å². The van der Waals surface area contributed by atoms with Crippen molar-refractivity contribution in [2.75, 3.05) is 39.9 Å². The minimum atomic E-state index is -0.630. The van der Waals surface area contributed by atoms with Gasteiger partial charge in [-0.1, -0.05) is 0 Å². The van der Waals surface area contributed by atoms with Crippen LogP contribution in [-0.4, -0.2) is 61.5 Å². The van der Waals surface area contributed by atoms with Crippen LogP contribution in [0.5, 0.6) is 0 Å². The van der Waals surface area contributed by atoms with Crippen molar-refractivity contribution in [2.45, 2.75) is 51.2 Å². The van der Waals surface area contributed by atoms with E-state index in [1.165, 1.54) is 19.3 Å². The number of ether oxygens (including phenoxy) is 1. The molecular formula is C15H30N2O2. The summed E-state index contributed by atoms with van der Waals surface area (Å²) in [6, 6.07) is 0.749. The highest BCUT2D eigenvalue weighted by molar-refractivity contribution is 4.91. The van der Waals surface area contributed by atoms with Gasteiger partial charge in [0, 0.05) is 37.7 Å². The Morgan fingerprint density at radius 2 is 2.16 bits per heavy atom. The van der Waals surface area contributed by atoms with Gasteiger partial charge in [0.05, 0.1) is 12.2 Å². The number of aliphatic hydroxyl groups is 1. The molecule has 1 heterocycles. The van der Waals surface area contributed by atoms with Crippen LogP contribution in [0.25, 0.3) is 0 Å². The number of nitrogens with one attached hydrogen (secondary N) is 1. The summed E-state index contributed by atoms with van der Waals surface area (Å²) >= 11 is 0. The van der Waals surface area contributed by atoms with Crippen LogP contribution in [0.4, 0.5) is 0 Å². The van der Waals surface area contributed by atoms with Gasteiger partial charge in [0.1, 0.15) is 0 Å². The zero-order chi connectivity index (χ0) is 13.9. The Balaban J connectivity index is 1.88. The van der Waals surface area contributed by atoms with Gasteiger partial charge in [0.15, 0.2) is 0 Å². The van der Waals surface area contributed by atoms with E-state index in [1.54, 1.807) is 0 Å². The van der Waals surface area contributed by atoms with Crippen LogP contribution in [0.3, 0.4) is 0 Å². The fourth-order valence-corrected chi connectivity index (χ4v) is 3.17. The minimum absolute atomic E-state index is 0.223. The molecule has 2 rings (SSSR count). The minimum Gasteiger partial charge on any atom is -0.389 e. The third kappa shape index (κ3) is 5.38. The molecule has 0 amide bonds. The van der Waals surface area contributed by atoms with Gasteiger partial charge in [-0.15, -0.1) is 0 Å². The quantitative estimate of drug-likeness (QED) is 0.730. The van der Waals surface area contributed by atoms with Crippen LogP contribution in [-0.2, 0) is 4.74 Å². The van der Waals surface area contributed by atoms with E-state index in [4.69, 9.17) is 4.74 Å². The molecular weight excluding hydrogens is 240 g/mol. The van der Waals surface area contributed by atoms with Gasteiger partial charge in [-0.2, -0.15) is 0 Å². The number of nitrogens with zero attached hydrogens (tertiary/aromatic N) is 1. The first kappa shape index (κ1) is 15.2. The average Bonchev–Trinajstić information content (AvgIpc) is 3.08. The normalized spacial score (nSPS) is 28.9. The molecule has 19 heavy (non-hydrogen) atoms. The van der Waals surface area contributed by atoms with Crippen molar-refractivity contribution in [3.63, 3.8) is 0 Å². The van der Waals surface area contributed by atoms with E-state index in [2.05, 4.69) is 17.3 Å². The van der Waals surface area contributed by atoms with E-state index >= 15 is 0 Å². The smallest absolute Gasteiger partial charge is 0.0718 e. The van der Waals surface area contributed by atoms with Gasteiger partial charge in [-0.3, -0.25) is 0 Å². The molecule has 1 unspecified atom stereocenters. The molecule has 0 bridgehead atoms. The van der Waals surface area contributed by atoms with Gasteiger partial charge in [-0.05, 0) is 46.6 Å². The van der Waals surface area contributed by atoms with E-state index in [1.807, 2.05) is 13.8 Å². The number of hydrogen-bond acceptors (Lipinski definition) is 4. The lowest BCUT2D eigenvalue weighted by molar-refractivity contribution is -0.0355. The third-order valence-corrected chi connectivity index (χ3v) is 4.01. The zero-order valence-electron chi connectivity index (χ0n) is 12.7. The maximum atomic E-state index is 9.94. The van der Waals surface area contributed by atoms with E-state index in [-0.39, 0.29) is 5.41 Å². The fraction of sp³-hybridized carbons (Fsp3) is 1.00. The fourth-order valence-electron chi connectivity index (χ4n) is 3.17. The van der Waals surface area contributed by atoms with Crippen molar-refractivity contribution in [2.24, 2.45) is 5.41 Å². The second-order valence-corrected chi connectivity index (χ2v) is 7.30. The topological polar surface area (TPSA) is 44.7 Å². The molecule has 0 spiro atoms. The van der Waals surface area contributed by atoms with Crippen molar-refractivity contribution in [1.82, 2.24) is 10.2 Å². The molecule has 4 heteroatoms. The number of likely N-dealkylation sites (N-methyl/N-ethyl adjacent to an activating group) is 1. The van der Waals surface area contributed by atoms with Crippen molar-refractivity contribution < 1.29 is 9.84 Å². The van der Waals surface area contributed by atoms with Gasteiger partial charge >= 0.3 is 0 Å². The van der Waals surface area contributed by atoms with Gasteiger partial charge < -0.3 is 20.1 Å². The molecule has 112 valence electrons. The Labute approximate surface area is 117 Å². The summed E-state index contributed by atoms with van der Waals surface area (Å²) in [4.78, 5) is 2.25. The van der Waals surface area contributed by atoms with Crippen LogP contribution in [0.1, 0.15) is 39.5 Å². The highest BCUT2D eigenvalue weighted by atomic mass is 16.5. The molecule has 1 atom stereocenters. The lowest BCUT2D eigenvalue weighted by Gasteiger charge is -2.41. The van der Waals surface area contributed by atoms with Crippen molar-refractivity contribution in [3.05, 3.63) is 0 Å². The third-order valence-electron chi connectivity index (χ3n) is 4.01. The summed E-state index contributed by atoms with van der Waals surface area (Å²) in [5.41, 5.74) is -0.407. The Morgan fingerprint density at radius 1 is 1.42 bits per heavy atom. The standard InChI is InChI=1S/C15H30N2O2/c1-14(2,18)10-17(3)11-15(7-4-8-19-12-15)9-16-13-5-6-13/h13,16,18H,4-12H2,1-3H3. The molecule has 2 fully saturated rings. The van der Waals surface area contributed by atoms with Gasteiger partial charge in [-0.25, -0.2) is 0 Å². The first-order chi connectivity index (χ1) is 8.89. The average molecular weight is 270 g/mol. The summed E-state index contributed by atoms with van der Waals surface area (Å²) in [5.74, 6) is 0. The molecule has 1 aliphatic carbocycles. The van der Waals surface area contributed by atoms with Gasteiger partial charge in [0.2, 0.25) is 0 Å². The lowest BCUT2D eigenvalue weighted by atomic mass is 9.81. The van der Waals surface area contributed by atoms with Crippen LogP contribution in [0.2, 0.25) is 0 Å². The summed E-state index contributed by atoms with van der Waals surface area (Å²) in [6.45, 7) is 8.25. The molecule has 1 saturated heterocycles. The monoisotopic (exact) mass is 270 g/mol. The Hall–Kier alpha value is -0.160. The van der Waals surface area contributed by atoms with Crippen molar-refractivity contribution in [3.8, 4) is 0 Å². The van der Waals surface area contributed by atoms with Crippen LogP contribution < -0.4 is 5.32 Å². The summed E-state index contributed by atoms with van der Waals surface area (Å²) in [5, 5.41) is 13.6. The maximum Gasteiger partial charge on any atom is 0.0718 e. The van der Waals surface area contributed by atoms with Crippen molar-refractivity contribution >= 4 is 0 Å². The molecule has 0 aromatic carbocycles. The Morgan fingerprint density at radius 3 is 2.68 bits per heavy atom. The molecule has 0 radical (unpaired) electrons. The molecule has 2 aliphatic rings. The van der Waals surface area contributed by atoms with Crippen LogP contribution in [0, 0.1) is 5.41 Å². The molecule has 4 nitrogen and oxygen atoms in total. The Bertz CT molecular complexity index is 278. The molecule has 0 aromatic rings. The maximum absolute atomic E-state index is 9.94. The lowest BCUT2D eigenvalue weighted by Crippen LogP contribution is -2.50. The number of rotatable bonds is 7. The zero-order valence-corrected chi connectivity index (χ0v) is 12.7. The van der Waals surface area contributed by atoms with E-state index in [0.717, 1.165) is 38.8 Å². The predicted molar refractivity (Wildman–Crippen MR) is 77.3 cm³/mol. The largest absolute Gasteiger partial charge is 0.389 e. The number of hydrogen-bond donors (Lipinski definition) is 2.